The molecule has 8 heteroatoms. The Morgan fingerprint density at radius 3 is 2.31 bits per heavy atom. The van der Waals surface area contributed by atoms with E-state index in [0.717, 1.165) is 5.57 Å². The second kappa shape index (κ2) is 11.1. The molecule has 2 fully saturated rings. The minimum atomic E-state index is -1.33. The van der Waals surface area contributed by atoms with Gasteiger partial charge in [0.25, 0.3) is 0 Å². The maximum Gasteiger partial charge on any atom is 0.233 e. The molecule has 1 aliphatic heterocycles. The van der Waals surface area contributed by atoms with Crippen molar-refractivity contribution in [3.63, 3.8) is 0 Å². The van der Waals surface area contributed by atoms with Gasteiger partial charge >= 0.3 is 0 Å². The number of nitrogens with zero attached hydrogens (tertiary/aromatic N) is 1. The van der Waals surface area contributed by atoms with Gasteiger partial charge in [0.2, 0.25) is 11.8 Å². The number of phenols is 1. The number of hydrogen-bond acceptors (Lipinski definition) is 6. The highest BCUT2D eigenvalue weighted by Crippen LogP contribution is 2.64. The lowest BCUT2D eigenvalue weighted by Gasteiger charge is -2.55. The molecule has 1 saturated heterocycles. The first-order valence-electron chi connectivity index (χ1n) is 15.3. The molecular weight excluding hydrogens is 681 g/mol. The van der Waals surface area contributed by atoms with Crippen molar-refractivity contribution in [3.8, 4) is 11.5 Å². The van der Waals surface area contributed by atoms with Gasteiger partial charge in [0.1, 0.15) is 0 Å². The van der Waals surface area contributed by atoms with Crippen molar-refractivity contribution in [2.45, 2.75) is 31.1 Å². The lowest BCUT2D eigenvalue weighted by molar-refractivity contribution is -0.140. The molecule has 0 bridgehead atoms. The van der Waals surface area contributed by atoms with Crippen molar-refractivity contribution in [1.29, 1.82) is 0 Å². The van der Waals surface area contributed by atoms with Crippen molar-refractivity contribution in [1.82, 2.24) is 4.90 Å². The molecule has 1 heterocycles. The first kappa shape index (κ1) is 29.6. The summed E-state index contributed by atoms with van der Waals surface area (Å²) in [6.07, 6.45) is 4.19. The summed E-state index contributed by atoms with van der Waals surface area (Å²) in [6.45, 7) is 2.09. The zero-order valence-corrected chi connectivity index (χ0v) is 27.1. The largest absolute Gasteiger partial charge is 0.504 e. The number of allylic oxidation sites excluding steroid dienone is 4. The first-order valence-corrected chi connectivity index (χ1v) is 16.3. The number of methoxy groups -OCH3 is 1. The van der Waals surface area contributed by atoms with Crippen LogP contribution in [0.25, 0.3) is 5.57 Å². The van der Waals surface area contributed by atoms with Crippen LogP contribution in [0.3, 0.4) is 0 Å². The van der Waals surface area contributed by atoms with Gasteiger partial charge in [0.05, 0.1) is 27.9 Å². The van der Waals surface area contributed by atoms with Crippen LogP contribution in [0.4, 0.5) is 0 Å². The molecule has 45 heavy (non-hydrogen) atoms. The van der Waals surface area contributed by atoms with E-state index >= 15 is 4.79 Å². The molecular formula is C37H32INO6. The summed E-state index contributed by atoms with van der Waals surface area (Å²) in [4.78, 5) is 58.5. The molecule has 228 valence electrons. The van der Waals surface area contributed by atoms with Gasteiger partial charge in [0.15, 0.2) is 23.1 Å². The van der Waals surface area contributed by atoms with E-state index in [1.807, 2.05) is 95.4 Å². The predicted molar refractivity (Wildman–Crippen MR) is 176 cm³/mol. The molecule has 3 aliphatic carbocycles. The molecule has 4 aliphatic rings. The number of ether oxygens (including phenoxy) is 1. The summed E-state index contributed by atoms with van der Waals surface area (Å²) in [5.74, 6) is -3.47. The van der Waals surface area contributed by atoms with Gasteiger partial charge in [-0.3, -0.25) is 24.1 Å². The Labute approximate surface area is 275 Å². The van der Waals surface area contributed by atoms with Crippen LogP contribution < -0.4 is 4.74 Å². The van der Waals surface area contributed by atoms with Gasteiger partial charge in [-0.2, -0.15) is 0 Å². The van der Waals surface area contributed by atoms with E-state index in [1.54, 1.807) is 13.0 Å². The summed E-state index contributed by atoms with van der Waals surface area (Å²) in [5.41, 5.74) is 2.01. The molecule has 3 aromatic rings. The Hall–Kier alpha value is -4.05. The van der Waals surface area contributed by atoms with Crippen LogP contribution in [0, 0.1) is 27.2 Å². The number of rotatable bonds is 5. The van der Waals surface area contributed by atoms with Crippen molar-refractivity contribution < 1.29 is 29.0 Å². The molecule has 0 radical (unpaired) electrons. The number of carbonyl (C=O) groups excluding carboxylic acids is 4. The van der Waals surface area contributed by atoms with Crippen molar-refractivity contribution >= 4 is 51.5 Å². The SMILES string of the molecule is CCN1C(=O)[C@H]2[C@H](CC=C3[C@H]2C[C@H]2C(=O)C(c4ccccc4)=CC(=O)[C@@]2(c2ccccc2)[C@H]3c2cc(I)c(O)c(OC)c2)C1=O. The number of halogens is 1. The van der Waals surface area contributed by atoms with Crippen molar-refractivity contribution in [2.75, 3.05) is 13.7 Å². The van der Waals surface area contributed by atoms with Crippen LogP contribution in [0.15, 0.2) is 90.5 Å². The second-order valence-electron chi connectivity index (χ2n) is 12.3. The smallest absolute Gasteiger partial charge is 0.233 e. The Bertz CT molecular complexity index is 1810. The fourth-order valence-electron chi connectivity index (χ4n) is 8.54. The summed E-state index contributed by atoms with van der Waals surface area (Å²) in [6, 6.07) is 22.3. The lowest BCUT2D eigenvalue weighted by atomic mass is 9.44. The number of Topliss-reactive ketones (excluding diaryl/α,β-unsaturated/α-hetero) is 1. The zero-order chi connectivity index (χ0) is 31.6. The quantitative estimate of drug-likeness (QED) is 0.203. The number of hydrogen-bond donors (Lipinski definition) is 1. The van der Waals surface area contributed by atoms with Crippen LogP contribution in [0.1, 0.15) is 42.4 Å². The summed E-state index contributed by atoms with van der Waals surface area (Å²) in [7, 11) is 1.48. The average Bonchev–Trinajstić information content (AvgIpc) is 3.32. The van der Waals surface area contributed by atoms with E-state index in [-0.39, 0.29) is 41.3 Å². The number of phenolic OH excluding ortho intramolecular Hbond substituents is 1. The third-order valence-electron chi connectivity index (χ3n) is 10.4. The molecule has 0 aromatic heterocycles. The summed E-state index contributed by atoms with van der Waals surface area (Å²) < 4.78 is 6.12. The number of benzene rings is 3. The number of amides is 2. The Balaban J connectivity index is 1.54. The fraction of sp³-hybridized carbons (Fsp3) is 0.297. The highest BCUT2D eigenvalue weighted by atomic mass is 127. The van der Waals surface area contributed by atoms with Crippen LogP contribution in [-0.2, 0) is 24.6 Å². The first-order chi connectivity index (χ1) is 21.7. The molecule has 7 rings (SSSR count). The standard InChI is InChI=1S/C37H32INO6/c1-3-39-35(43)24-15-14-23-26(31(24)36(39)44)18-27-33(41)25(20-10-6-4-7-11-20)19-30(40)37(27,22-12-8-5-9-13-22)32(23)21-16-28(38)34(42)29(17-21)45-2/h4-14,16-17,19,24,26-27,31-32,42H,3,15,18H2,1-2H3/t24-,26+,27-,31-,32-,37-/m0/s1. The van der Waals surface area contributed by atoms with E-state index in [0.29, 0.717) is 38.8 Å². The number of ketones is 2. The van der Waals surface area contributed by atoms with Crippen molar-refractivity contribution in [3.05, 3.63) is 111 Å². The number of likely N-dealkylation sites (tertiary alicyclic amines) is 1. The average molecular weight is 714 g/mol. The molecule has 7 nitrogen and oxygen atoms in total. The van der Waals surface area contributed by atoms with Crippen LogP contribution in [-0.4, -0.2) is 47.0 Å². The van der Waals surface area contributed by atoms with E-state index in [4.69, 9.17) is 4.74 Å². The molecule has 3 aromatic carbocycles. The van der Waals surface area contributed by atoms with Crippen LogP contribution in [0.5, 0.6) is 11.5 Å². The molecule has 2 amide bonds. The van der Waals surface area contributed by atoms with Gasteiger partial charge in [-0.05, 0) is 83.2 Å². The molecule has 0 spiro atoms. The van der Waals surface area contributed by atoms with E-state index in [2.05, 4.69) is 0 Å². The second-order valence-corrected chi connectivity index (χ2v) is 13.4. The maximum atomic E-state index is 15.0. The van der Waals surface area contributed by atoms with Crippen molar-refractivity contribution in [2.24, 2.45) is 23.7 Å². The third-order valence-corrected chi connectivity index (χ3v) is 11.2. The highest BCUT2D eigenvalue weighted by Gasteiger charge is 2.65. The molecule has 6 atom stereocenters. The Morgan fingerprint density at radius 1 is 0.956 bits per heavy atom. The normalized spacial score (nSPS) is 29.0. The zero-order valence-electron chi connectivity index (χ0n) is 24.9. The Morgan fingerprint density at radius 2 is 1.64 bits per heavy atom. The molecule has 1 N–H and O–H groups in total. The van der Waals surface area contributed by atoms with Gasteiger partial charge in [-0.15, -0.1) is 0 Å². The van der Waals surface area contributed by atoms with Gasteiger partial charge in [-0.25, -0.2) is 0 Å². The van der Waals surface area contributed by atoms with Crippen LogP contribution in [0.2, 0.25) is 0 Å². The highest BCUT2D eigenvalue weighted by molar-refractivity contribution is 14.1. The fourth-order valence-corrected chi connectivity index (χ4v) is 9.17. The monoisotopic (exact) mass is 713 g/mol. The predicted octanol–water partition coefficient (Wildman–Crippen LogP) is 5.85. The lowest BCUT2D eigenvalue weighted by Crippen LogP contribution is -2.58. The summed E-state index contributed by atoms with van der Waals surface area (Å²) in [5, 5.41) is 10.8. The molecule has 1 saturated carbocycles. The third kappa shape index (κ3) is 4.21. The van der Waals surface area contributed by atoms with E-state index in [9.17, 15) is 19.5 Å². The Kier molecular flexibility index (Phi) is 7.30. The summed E-state index contributed by atoms with van der Waals surface area (Å²) >= 11 is 2.05. The topological polar surface area (TPSA) is 101 Å². The number of imide groups is 1. The number of carbonyl (C=O) groups is 4. The van der Waals surface area contributed by atoms with E-state index < -0.39 is 35.0 Å². The van der Waals surface area contributed by atoms with Gasteiger partial charge < -0.3 is 9.84 Å². The maximum absolute atomic E-state index is 15.0. The minimum Gasteiger partial charge on any atom is -0.504 e. The number of fused-ring (bicyclic) bond motifs is 4. The van der Waals surface area contributed by atoms with Crippen LogP contribution >= 0.6 is 22.6 Å². The minimum absolute atomic E-state index is 0.00956. The molecule has 0 unspecified atom stereocenters. The van der Waals surface area contributed by atoms with E-state index in [1.165, 1.54) is 18.1 Å². The van der Waals surface area contributed by atoms with Gasteiger partial charge in [0, 0.05) is 24.0 Å². The number of aromatic hydroxyl groups is 1. The van der Waals surface area contributed by atoms with Gasteiger partial charge in [-0.1, -0.05) is 72.3 Å².